The molecular formula is C21H24N2O5. The highest BCUT2D eigenvalue weighted by atomic mass is 16.5. The van der Waals surface area contributed by atoms with Crippen molar-refractivity contribution in [2.45, 2.75) is 13.8 Å². The Kier molecular flexibility index (Phi) is 7.14. The van der Waals surface area contributed by atoms with E-state index in [9.17, 15) is 14.4 Å². The fourth-order valence-electron chi connectivity index (χ4n) is 2.43. The number of hydrogen-bond donors (Lipinski definition) is 1. The van der Waals surface area contributed by atoms with E-state index in [4.69, 9.17) is 9.47 Å². The number of anilines is 1. The molecule has 0 saturated heterocycles. The Hall–Kier alpha value is -3.35. The highest BCUT2D eigenvalue weighted by Gasteiger charge is 2.16. The summed E-state index contributed by atoms with van der Waals surface area (Å²) < 4.78 is 10.6. The number of amides is 2. The van der Waals surface area contributed by atoms with Crippen LogP contribution in [0.4, 0.5) is 5.69 Å². The molecule has 0 unspecified atom stereocenters. The van der Waals surface area contributed by atoms with Crippen molar-refractivity contribution in [2.24, 2.45) is 0 Å². The number of aryl methyl sites for hydroxylation is 1. The van der Waals surface area contributed by atoms with Gasteiger partial charge in [-0.3, -0.25) is 14.4 Å². The largest absolute Gasteiger partial charge is 0.497 e. The van der Waals surface area contributed by atoms with Gasteiger partial charge >= 0.3 is 0 Å². The molecule has 0 aromatic heterocycles. The zero-order valence-corrected chi connectivity index (χ0v) is 16.4. The van der Waals surface area contributed by atoms with E-state index in [2.05, 4.69) is 5.32 Å². The van der Waals surface area contributed by atoms with Crippen molar-refractivity contribution in [2.75, 3.05) is 32.6 Å². The molecule has 1 N–H and O–H groups in total. The van der Waals surface area contributed by atoms with E-state index in [1.165, 1.54) is 26.0 Å². The predicted octanol–water partition coefficient (Wildman–Crippen LogP) is 2.68. The lowest BCUT2D eigenvalue weighted by molar-refractivity contribution is -0.135. The number of Topliss-reactive ketones (excluding diaryl/α,β-unsaturated/α-hetero) is 1. The third kappa shape index (κ3) is 5.84. The highest BCUT2D eigenvalue weighted by molar-refractivity contribution is 5.97. The first-order valence-electron chi connectivity index (χ1n) is 8.72. The minimum absolute atomic E-state index is 0.117. The van der Waals surface area contributed by atoms with Gasteiger partial charge in [0.05, 0.1) is 19.2 Å². The topological polar surface area (TPSA) is 84.9 Å². The van der Waals surface area contributed by atoms with Crippen molar-refractivity contribution in [1.29, 1.82) is 0 Å². The zero-order valence-electron chi connectivity index (χ0n) is 16.4. The Balaban J connectivity index is 1.92. The molecule has 2 aromatic carbocycles. The van der Waals surface area contributed by atoms with Crippen molar-refractivity contribution in [3.05, 3.63) is 53.6 Å². The average Bonchev–Trinajstić information content (AvgIpc) is 2.67. The molecule has 0 atom stereocenters. The first-order chi connectivity index (χ1) is 13.3. The number of carbonyl (C=O) groups is 3. The number of nitrogens with one attached hydrogen (secondary N) is 1. The SMILES string of the molecule is COc1ccc(C(C)=O)c(OCC(=O)N(C)CC(=O)Nc2ccc(C)cc2)c1. The van der Waals surface area contributed by atoms with Crippen LogP contribution in [0.25, 0.3) is 0 Å². The molecule has 0 saturated carbocycles. The van der Waals surface area contributed by atoms with Gasteiger partial charge in [-0.2, -0.15) is 0 Å². The molecule has 0 spiro atoms. The Morgan fingerprint density at radius 3 is 2.36 bits per heavy atom. The molecule has 0 aliphatic rings. The summed E-state index contributed by atoms with van der Waals surface area (Å²) in [7, 11) is 3.01. The molecule has 7 nitrogen and oxygen atoms in total. The van der Waals surface area contributed by atoms with Gasteiger partial charge in [0.2, 0.25) is 5.91 Å². The molecule has 0 fully saturated rings. The standard InChI is InChI=1S/C21H24N2O5/c1-14-5-7-16(8-6-14)22-20(25)12-23(3)21(26)13-28-19-11-17(27-4)9-10-18(19)15(2)24/h5-11H,12-13H2,1-4H3,(H,22,25). The molecule has 2 aromatic rings. The van der Waals surface area contributed by atoms with Crippen molar-refractivity contribution < 1.29 is 23.9 Å². The molecule has 148 valence electrons. The Morgan fingerprint density at radius 2 is 1.75 bits per heavy atom. The number of carbonyl (C=O) groups excluding carboxylic acids is 3. The lowest BCUT2D eigenvalue weighted by Crippen LogP contribution is -2.37. The van der Waals surface area contributed by atoms with Crippen LogP contribution in [0.15, 0.2) is 42.5 Å². The van der Waals surface area contributed by atoms with Gasteiger partial charge in [0, 0.05) is 18.8 Å². The smallest absolute Gasteiger partial charge is 0.260 e. The molecule has 0 heterocycles. The average molecular weight is 384 g/mol. The van der Waals surface area contributed by atoms with Gasteiger partial charge in [0.1, 0.15) is 11.5 Å². The number of ketones is 1. The van der Waals surface area contributed by atoms with E-state index in [0.717, 1.165) is 5.56 Å². The second kappa shape index (κ2) is 9.55. The maximum absolute atomic E-state index is 12.3. The lowest BCUT2D eigenvalue weighted by atomic mass is 10.1. The molecule has 2 rings (SSSR count). The van der Waals surface area contributed by atoms with Crippen molar-refractivity contribution in [1.82, 2.24) is 4.90 Å². The van der Waals surface area contributed by atoms with Crippen LogP contribution in [-0.2, 0) is 9.59 Å². The van der Waals surface area contributed by atoms with E-state index in [0.29, 0.717) is 17.0 Å². The second-order valence-electron chi connectivity index (χ2n) is 6.37. The fourth-order valence-corrected chi connectivity index (χ4v) is 2.43. The lowest BCUT2D eigenvalue weighted by Gasteiger charge is -2.18. The van der Waals surface area contributed by atoms with Gasteiger partial charge in [0.15, 0.2) is 12.4 Å². The maximum Gasteiger partial charge on any atom is 0.260 e. The third-order valence-corrected chi connectivity index (χ3v) is 4.06. The van der Waals surface area contributed by atoms with E-state index in [1.54, 1.807) is 30.3 Å². The highest BCUT2D eigenvalue weighted by Crippen LogP contribution is 2.25. The van der Waals surface area contributed by atoms with Gasteiger partial charge < -0.3 is 19.7 Å². The molecule has 2 amide bonds. The first kappa shape index (κ1) is 21.0. The Labute approximate surface area is 164 Å². The monoisotopic (exact) mass is 384 g/mol. The zero-order chi connectivity index (χ0) is 20.7. The molecule has 28 heavy (non-hydrogen) atoms. The molecule has 0 bridgehead atoms. The van der Waals surface area contributed by atoms with E-state index < -0.39 is 5.91 Å². The van der Waals surface area contributed by atoms with Crippen LogP contribution in [0, 0.1) is 6.92 Å². The number of nitrogens with zero attached hydrogens (tertiary/aromatic N) is 1. The molecular weight excluding hydrogens is 360 g/mol. The summed E-state index contributed by atoms with van der Waals surface area (Å²) in [5.41, 5.74) is 2.11. The Morgan fingerprint density at radius 1 is 1.07 bits per heavy atom. The minimum Gasteiger partial charge on any atom is -0.497 e. The van der Waals surface area contributed by atoms with Gasteiger partial charge in [0.25, 0.3) is 5.91 Å². The number of rotatable bonds is 8. The summed E-state index contributed by atoms with van der Waals surface area (Å²) in [5.74, 6) is -0.117. The van der Waals surface area contributed by atoms with E-state index >= 15 is 0 Å². The summed E-state index contributed by atoms with van der Waals surface area (Å²) in [6.07, 6.45) is 0. The summed E-state index contributed by atoms with van der Waals surface area (Å²) >= 11 is 0. The number of hydrogen-bond acceptors (Lipinski definition) is 5. The number of benzene rings is 2. The minimum atomic E-state index is -0.392. The third-order valence-electron chi connectivity index (χ3n) is 4.06. The summed E-state index contributed by atoms with van der Waals surface area (Å²) in [6.45, 7) is 2.95. The fraction of sp³-hybridized carbons (Fsp3) is 0.286. The van der Waals surface area contributed by atoms with Crippen molar-refractivity contribution in [3.63, 3.8) is 0 Å². The normalized spacial score (nSPS) is 10.1. The van der Waals surface area contributed by atoms with Gasteiger partial charge in [-0.15, -0.1) is 0 Å². The molecule has 0 radical (unpaired) electrons. The number of ether oxygens (including phenoxy) is 2. The van der Waals surface area contributed by atoms with Crippen LogP contribution in [0.5, 0.6) is 11.5 Å². The second-order valence-corrected chi connectivity index (χ2v) is 6.37. The van der Waals surface area contributed by atoms with Gasteiger partial charge in [-0.1, -0.05) is 17.7 Å². The quantitative estimate of drug-likeness (QED) is 0.708. The molecule has 0 aliphatic heterocycles. The summed E-state index contributed by atoms with van der Waals surface area (Å²) in [4.78, 5) is 37.4. The van der Waals surface area contributed by atoms with Gasteiger partial charge in [-0.25, -0.2) is 0 Å². The number of likely N-dealkylation sites (N-methyl/N-ethyl adjacent to an activating group) is 1. The molecule has 7 heteroatoms. The van der Waals surface area contributed by atoms with Crippen LogP contribution in [0.3, 0.4) is 0 Å². The molecule has 0 aliphatic carbocycles. The van der Waals surface area contributed by atoms with Crippen molar-refractivity contribution >= 4 is 23.3 Å². The summed E-state index contributed by atoms with van der Waals surface area (Å²) in [6, 6.07) is 12.1. The van der Waals surface area contributed by atoms with Gasteiger partial charge in [-0.05, 0) is 38.1 Å². The van der Waals surface area contributed by atoms with E-state index in [1.807, 2.05) is 19.1 Å². The van der Waals surface area contributed by atoms with Crippen molar-refractivity contribution in [3.8, 4) is 11.5 Å². The maximum atomic E-state index is 12.3. The van der Waals surface area contributed by atoms with E-state index in [-0.39, 0.29) is 30.6 Å². The Bertz CT molecular complexity index is 862. The van der Waals surface area contributed by atoms with Crippen LogP contribution in [-0.4, -0.2) is 49.8 Å². The number of methoxy groups -OCH3 is 1. The first-order valence-corrected chi connectivity index (χ1v) is 8.72. The van der Waals surface area contributed by atoms with Crippen LogP contribution < -0.4 is 14.8 Å². The van der Waals surface area contributed by atoms with Crippen LogP contribution >= 0.6 is 0 Å². The van der Waals surface area contributed by atoms with Crippen LogP contribution in [0.2, 0.25) is 0 Å². The van der Waals surface area contributed by atoms with Crippen LogP contribution in [0.1, 0.15) is 22.8 Å². The summed E-state index contributed by atoms with van der Waals surface area (Å²) in [5, 5.41) is 2.73. The predicted molar refractivity (Wildman–Crippen MR) is 106 cm³/mol.